The van der Waals surface area contributed by atoms with Gasteiger partial charge in [-0.25, -0.2) is 4.98 Å². The molecule has 0 spiro atoms. The van der Waals surface area contributed by atoms with E-state index in [1.54, 1.807) is 0 Å². The maximum absolute atomic E-state index is 12.7. The highest BCUT2D eigenvalue weighted by molar-refractivity contribution is 5.40. The molecule has 0 fully saturated rings. The van der Waals surface area contributed by atoms with Crippen LogP contribution in [0.15, 0.2) is 36.4 Å². The summed E-state index contributed by atoms with van der Waals surface area (Å²) >= 11 is 0. The second-order valence-electron chi connectivity index (χ2n) is 5.08. The first kappa shape index (κ1) is 14.4. The third-order valence-electron chi connectivity index (χ3n) is 3.56. The molecule has 0 unspecified atom stereocenters. The molecule has 0 atom stereocenters. The van der Waals surface area contributed by atoms with Crippen LogP contribution in [0.2, 0.25) is 0 Å². The first-order valence-corrected chi connectivity index (χ1v) is 6.69. The van der Waals surface area contributed by atoms with Gasteiger partial charge in [0.15, 0.2) is 0 Å². The van der Waals surface area contributed by atoms with Crippen LogP contribution in [0.4, 0.5) is 13.2 Å². The number of fused-ring (bicyclic) bond motifs is 1. The summed E-state index contributed by atoms with van der Waals surface area (Å²) < 4.78 is 43.8. The van der Waals surface area contributed by atoms with Crippen molar-refractivity contribution in [3.8, 4) is 11.9 Å². The molecular weight excluding hydrogens is 293 g/mol. The van der Waals surface area contributed by atoms with E-state index in [1.165, 1.54) is 0 Å². The van der Waals surface area contributed by atoms with E-state index < -0.39 is 11.9 Å². The summed E-state index contributed by atoms with van der Waals surface area (Å²) in [4.78, 5) is 3.47. The van der Waals surface area contributed by atoms with Gasteiger partial charge >= 0.3 is 6.18 Å². The molecule has 3 nitrogen and oxygen atoms in total. The van der Waals surface area contributed by atoms with Gasteiger partial charge in [-0.05, 0) is 23.3 Å². The van der Waals surface area contributed by atoms with Crippen molar-refractivity contribution in [1.82, 2.24) is 4.98 Å². The van der Waals surface area contributed by atoms with Crippen molar-refractivity contribution < 1.29 is 17.9 Å². The Balaban J connectivity index is 1.85. The summed E-state index contributed by atoms with van der Waals surface area (Å²) in [6.45, 7) is 0. The number of halogens is 3. The lowest BCUT2D eigenvalue weighted by atomic mass is 10.1. The van der Waals surface area contributed by atoms with Gasteiger partial charge in [-0.1, -0.05) is 24.3 Å². The highest BCUT2D eigenvalue weighted by Crippen LogP contribution is 2.31. The van der Waals surface area contributed by atoms with E-state index >= 15 is 0 Å². The Bertz CT molecular complexity index is 725. The molecule has 0 radical (unpaired) electrons. The van der Waals surface area contributed by atoms with Crippen molar-refractivity contribution in [2.75, 3.05) is 0 Å². The largest absolute Gasteiger partial charge is 0.473 e. The van der Waals surface area contributed by atoms with E-state index in [4.69, 9.17) is 10.00 Å². The van der Waals surface area contributed by atoms with Crippen LogP contribution in [-0.4, -0.2) is 11.1 Å². The minimum absolute atomic E-state index is 0.00366. The molecule has 3 rings (SSSR count). The maximum atomic E-state index is 12.7. The minimum Gasteiger partial charge on any atom is -0.473 e. The average molecular weight is 304 g/mol. The van der Waals surface area contributed by atoms with Crippen LogP contribution in [0.25, 0.3) is 0 Å². The summed E-state index contributed by atoms with van der Waals surface area (Å²) in [5.41, 5.74) is 1.16. The highest BCUT2D eigenvalue weighted by Gasteiger charge is 2.34. The van der Waals surface area contributed by atoms with Crippen LogP contribution in [0.3, 0.4) is 0 Å². The Morgan fingerprint density at radius 3 is 2.27 bits per heavy atom. The molecule has 22 heavy (non-hydrogen) atoms. The van der Waals surface area contributed by atoms with Crippen LogP contribution in [-0.2, 0) is 19.0 Å². The molecule has 0 saturated heterocycles. The van der Waals surface area contributed by atoms with Gasteiger partial charge in [0.05, 0.1) is 0 Å². The number of ether oxygens (including phenoxy) is 1. The van der Waals surface area contributed by atoms with Crippen LogP contribution < -0.4 is 4.74 Å². The van der Waals surface area contributed by atoms with Gasteiger partial charge in [0.25, 0.3) is 0 Å². The first-order valence-electron chi connectivity index (χ1n) is 6.69. The molecule has 1 aromatic carbocycles. The van der Waals surface area contributed by atoms with Crippen LogP contribution in [0.1, 0.15) is 22.4 Å². The molecule has 2 aromatic rings. The summed E-state index contributed by atoms with van der Waals surface area (Å²) in [6, 6.07) is 11.4. The fourth-order valence-corrected chi connectivity index (χ4v) is 2.53. The van der Waals surface area contributed by atoms with Crippen molar-refractivity contribution >= 4 is 0 Å². The SMILES string of the molecule is N#Cc1ccc(C(F)(F)F)nc1OC1Cc2ccccc2C1. The smallest absolute Gasteiger partial charge is 0.433 e. The Morgan fingerprint density at radius 2 is 1.73 bits per heavy atom. The van der Waals surface area contributed by atoms with Crippen molar-refractivity contribution in [2.45, 2.75) is 25.1 Å². The summed E-state index contributed by atoms with van der Waals surface area (Å²) in [5, 5.41) is 9.01. The van der Waals surface area contributed by atoms with E-state index in [9.17, 15) is 13.2 Å². The van der Waals surface area contributed by atoms with Crippen molar-refractivity contribution in [3.63, 3.8) is 0 Å². The van der Waals surface area contributed by atoms with Gasteiger partial charge in [0, 0.05) is 12.8 Å². The number of hydrogen-bond acceptors (Lipinski definition) is 3. The van der Waals surface area contributed by atoms with Crippen LogP contribution in [0.5, 0.6) is 5.88 Å². The summed E-state index contributed by atoms with van der Waals surface area (Å²) in [5.74, 6) is -0.255. The molecule has 112 valence electrons. The third kappa shape index (κ3) is 2.75. The number of pyridine rings is 1. The van der Waals surface area contributed by atoms with Crippen molar-refractivity contribution in [2.24, 2.45) is 0 Å². The lowest BCUT2D eigenvalue weighted by Crippen LogP contribution is -2.19. The van der Waals surface area contributed by atoms with E-state index in [-0.39, 0.29) is 17.5 Å². The van der Waals surface area contributed by atoms with E-state index in [1.807, 2.05) is 30.3 Å². The molecule has 0 amide bonds. The first-order chi connectivity index (χ1) is 10.5. The quantitative estimate of drug-likeness (QED) is 0.853. The predicted octanol–water partition coefficient (Wildman–Crippen LogP) is 3.52. The molecule has 0 saturated carbocycles. The van der Waals surface area contributed by atoms with Gasteiger partial charge < -0.3 is 4.74 Å². The number of alkyl halides is 3. The molecule has 0 bridgehead atoms. The van der Waals surface area contributed by atoms with Gasteiger partial charge in [-0.3, -0.25) is 0 Å². The third-order valence-corrected chi connectivity index (χ3v) is 3.56. The lowest BCUT2D eigenvalue weighted by Gasteiger charge is -2.15. The standard InChI is InChI=1S/C16H11F3N2O/c17-16(18,19)14-6-5-12(9-20)15(21-14)22-13-7-10-3-1-2-4-11(10)8-13/h1-6,13H,7-8H2. The zero-order valence-corrected chi connectivity index (χ0v) is 11.4. The maximum Gasteiger partial charge on any atom is 0.433 e. The van der Waals surface area contributed by atoms with Crippen molar-refractivity contribution in [3.05, 3.63) is 58.8 Å². The number of aromatic nitrogens is 1. The topological polar surface area (TPSA) is 45.9 Å². The van der Waals surface area contributed by atoms with Gasteiger partial charge in [0.1, 0.15) is 23.4 Å². The molecule has 0 N–H and O–H groups in total. The second-order valence-corrected chi connectivity index (χ2v) is 5.08. The molecule has 6 heteroatoms. The summed E-state index contributed by atoms with van der Waals surface area (Å²) in [6.07, 6.45) is -3.68. The zero-order valence-electron chi connectivity index (χ0n) is 11.4. The minimum atomic E-state index is -4.56. The normalized spacial score (nSPS) is 14.5. The van der Waals surface area contributed by atoms with E-state index in [0.29, 0.717) is 12.8 Å². The number of hydrogen-bond donors (Lipinski definition) is 0. The average Bonchev–Trinajstić information content (AvgIpc) is 2.88. The molecule has 1 aromatic heterocycles. The fraction of sp³-hybridized carbons (Fsp3) is 0.250. The van der Waals surface area contributed by atoms with Gasteiger partial charge in [-0.2, -0.15) is 18.4 Å². The Morgan fingerprint density at radius 1 is 1.09 bits per heavy atom. The predicted molar refractivity (Wildman–Crippen MR) is 72.2 cm³/mol. The molecule has 0 aliphatic heterocycles. The number of benzene rings is 1. The summed E-state index contributed by atoms with van der Waals surface area (Å²) in [7, 11) is 0. The number of rotatable bonds is 2. The fourth-order valence-electron chi connectivity index (χ4n) is 2.53. The number of nitriles is 1. The second kappa shape index (κ2) is 5.34. The Labute approximate surface area is 125 Å². The zero-order chi connectivity index (χ0) is 15.7. The molecule has 1 heterocycles. The number of nitrogens with zero attached hydrogens (tertiary/aromatic N) is 2. The van der Waals surface area contributed by atoms with E-state index in [0.717, 1.165) is 23.3 Å². The van der Waals surface area contributed by atoms with Crippen LogP contribution in [0, 0.1) is 11.3 Å². The monoisotopic (exact) mass is 304 g/mol. The molecular formula is C16H11F3N2O. The van der Waals surface area contributed by atoms with Gasteiger partial charge in [0.2, 0.25) is 5.88 Å². The van der Waals surface area contributed by atoms with E-state index in [2.05, 4.69) is 4.98 Å². The van der Waals surface area contributed by atoms with Crippen LogP contribution >= 0.6 is 0 Å². The van der Waals surface area contributed by atoms with Gasteiger partial charge in [-0.15, -0.1) is 0 Å². The highest BCUT2D eigenvalue weighted by atomic mass is 19.4. The Kier molecular flexibility index (Phi) is 3.49. The lowest BCUT2D eigenvalue weighted by molar-refractivity contribution is -0.141. The Hall–Kier alpha value is -2.55. The molecule has 1 aliphatic rings. The van der Waals surface area contributed by atoms with Crippen molar-refractivity contribution in [1.29, 1.82) is 5.26 Å². The molecule has 1 aliphatic carbocycles.